The smallest absolute Gasteiger partial charge is 0.319 e. The number of carbonyl (C=O) groups excluding carboxylic acids is 1. The van der Waals surface area contributed by atoms with Crippen molar-refractivity contribution in [3.05, 3.63) is 30.1 Å². The minimum atomic E-state index is -0.430. The van der Waals surface area contributed by atoms with Crippen molar-refractivity contribution in [2.24, 2.45) is 5.73 Å². The molecule has 5 nitrogen and oxygen atoms in total. The summed E-state index contributed by atoms with van der Waals surface area (Å²) in [6, 6.07) is 5.91. The summed E-state index contributed by atoms with van der Waals surface area (Å²) in [7, 11) is 0. The first-order valence-electron chi connectivity index (χ1n) is 6.93. The van der Waals surface area contributed by atoms with Gasteiger partial charge in [-0.05, 0) is 25.0 Å². The van der Waals surface area contributed by atoms with Crippen LogP contribution in [0.15, 0.2) is 24.3 Å². The van der Waals surface area contributed by atoms with Crippen LogP contribution in [0.1, 0.15) is 12.8 Å². The van der Waals surface area contributed by atoms with Crippen molar-refractivity contribution in [2.75, 3.05) is 31.5 Å². The minimum absolute atomic E-state index is 0.135. The molecule has 2 rings (SSSR count). The van der Waals surface area contributed by atoms with E-state index in [-0.39, 0.29) is 17.8 Å². The van der Waals surface area contributed by atoms with E-state index in [9.17, 15) is 9.18 Å². The van der Waals surface area contributed by atoms with Crippen LogP contribution in [-0.4, -0.2) is 43.2 Å². The standard InChI is InChI=1S/C14H21FN4O/c15-12-3-1-2-4-13(12)18-14(20)17-11-5-8-19(9-6-11)10-7-16/h1-4,11H,5-10,16H2,(H2,17,18,20). The Kier molecular flexibility index (Phi) is 5.31. The van der Waals surface area contributed by atoms with Crippen LogP contribution in [0.3, 0.4) is 0 Å². The number of hydrogen-bond acceptors (Lipinski definition) is 3. The van der Waals surface area contributed by atoms with Gasteiger partial charge in [-0.3, -0.25) is 0 Å². The summed E-state index contributed by atoms with van der Waals surface area (Å²) in [5.74, 6) is -0.430. The second-order valence-corrected chi connectivity index (χ2v) is 4.98. The number of piperidine rings is 1. The molecule has 6 heteroatoms. The molecule has 20 heavy (non-hydrogen) atoms. The number of benzene rings is 1. The van der Waals surface area contributed by atoms with Gasteiger partial charge in [0.2, 0.25) is 0 Å². The number of nitrogens with one attached hydrogen (secondary N) is 2. The van der Waals surface area contributed by atoms with Gasteiger partial charge in [0.15, 0.2) is 0 Å². The van der Waals surface area contributed by atoms with Crippen molar-refractivity contribution in [3.63, 3.8) is 0 Å². The van der Waals surface area contributed by atoms with Gasteiger partial charge < -0.3 is 21.3 Å². The van der Waals surface area contributed by atoms with Gasteiger partial charge in [0.05, 0.1) is 5.69 Å². The van der Waals surface area contributed by atoms with Crippen LogP contribution >= 0.6 is 0 Å². The summed E-state index contributed by atoms with van der Waals surface area (Å²) in [6.45, 7) is 3.42. The Hall–Kier alpha value is -1.66. The molecule has 1 saturated heterocycles. The molecule has 1 heterocycles. The molecule has 110 valence electrons. The number of anilines is 1. The third-order valence-electron chi connectivity index (χ3n) is 3.49. The molecule has 0 unspecified atom stereocenters. The van der Waals surface area contributed by atoms with E-state index in [1.54, 1.807) is 18.2 Å². The second kappa shape index (κ2) is 7.21. The normalized spacial score (nSPS) is 16.9. The predicted molar refractivity (Wildman–Crippen MR) is 77.1 cm³/mol. The first kappa shape index (κ1) is 14.7. The largest absolute Gasteiger partial charge is 0.335 e. The molecule has 1 aliphatic rings. The zero-order chi connectivity index (χ0) is 14.4. The van der Waals surface area contributed by atoms with Crippen molar-refractivity contribution >= 4 is 11.7 Å². The number of amides is 2. The number of nitrogens with zero attached hydrogens (tertiary/aromatic N) is 1. The lowest BCUT2D eigenvalue weighted by atomic mass is 10.1. The van der Waals surface area contributed by atoms with Crippen molar-refractivity contribution in [1.29, 1.82) is 0 Å². The molecule has 0 bridgehead atoms. The van der Waals surface area contributed by atoms with E-state index < -0.39 is 5.82 Å². The van der Waals surface area contributed by atoms with E-state index >= 15 is 0 Å². The van der Waals surface area contributed by atoms with E-state index in [1.165, 1.54) is 6.07 Å². The fraction of sp³-hybridized carbons (Fsp3) is 0.500. The van der Waals surface area contributed by atoms with E-state index in [4.69, 9.17) is 5.73 Å². The van der Waals surface area contributed by atoms with Crippen molar-refractivity contribution in [3.8, 4) is 0 Å². The molecule has 4 N–H and O–H groups in total. The molecule has 0 aliphatic carbocycles. The maximum atomic E-state index is 13.4. The molecule has 2 amide bonds. The first-order valence-corrected chi connectivity index (χ1v) is 6.93. The van der Waals surface area contributed by atoms with Gasteiger partial charge in [0.25, 0.3) is 0 Å². The average molecular weight is 280 g/mol. The van der Waals surface area contributed by atoms with Crippen LogP contribution in [-0.2, 0) is 0 Å². The Morgan fingerprint density at radius 2 is 2.05 bits per heavy atom. The number of halogens is 1. The highest BCUT2D eigenvalue weighted by atomic mass is 19.1. The SMILES string of the molecule is NCCN1CCC(NC(=O)Nc2ccccc2F)CC1. The van der Waals surface area contributed by atoms with Crippen LogP contribution in [0.25, 0.3) is 0 Å². The van der Waals surface area contributed by atoms with Gasteiger partial charge >= 0.3 is 6.03 Å². The lowest BCUT2D eigenvalue weighted by molar-refractivity contribution is 0.200. The monoisotopic (exact) mass is 280 g/mol. The van der Waals surface area contributed by atoms with Gasteiger partial charge in [0.1, 0.15) is 5.82 Å². The van der Waals surface area contributed by atoms with Gasteiger partial charge in [-0.25, -0.2) is 9.18 Å². The number of para-hydroxylation sites is 1. The number of likely N-dealkylation sites (tertiary alicyclic amines) is 1. The Balaban J connectivity index is 1.77. The molecule has 1 fully saturated rings. The van der Waals surface area contributed by atoms with E-state index in [0.717, 1.165) is 32.5 Å². The lowest BCUT2D eigenvalue weighted by Gasteiger charge is -2.31. The van der Waals surface area contributed by atoms with Crippen molar-refractivity contribution in [2.45, 2.75) is 18.9 Å². The number of rotatable bonds is 4. The minimum Gasteiger partial charge on any atom is -0.335 e. The van der Waals surface area contributed by atoms with E-state index in [0.29, 0.717) is 6.54 Å². The molecule has 1 aromatic carbocycles. The third kappa shape index (κ3) is 4.18. The first-order chi connectivity index (χ1) is 9.69. The highest BCUT2D eigenvalue weighted by Gasteiger charge is 2.20. The zero-order valence-electron chi connectivity index (χ0n) is 11.4. The van der Waals surface area contributed by atoms with E-state index in [2.05, 4.69) is 15.5 Å². The summed E-state index contributed by atoms with van der Waals surface area (Å²) in [4.78, 5) is 14.1. The molecular formula is C14H21FN4O. The van der Waals surface area contributed by atoms with Crippen LogP contribution in [0, 0.1) is 5.82 Å². The Morgan fingerprint density at radius 1 is 1.35 bits per heavy atom. The summed E-state index contributed by atoms with van der Waals surface area (Å²) < 4.78 is 13.4. The highest BCUT2D eigenvalue weighted by molar-refractivity contribution is 5.89. The molecule has 0 atom stereocenters. The van der Waals surface area contributed by atoms with Gasteiger partial charge in [0, 0.05) is 32.2 Å². The molecule has 1 aliphatic heterocycles. The zero-order valence-corrected chi connectivity index (χ0v) is 11.4. The summed E-state index contributed by atoms with van der Waals surface area (Å²) >= 11 is 0. The van der Waals surface area contributed by atoms with Crippen LogP contribution in [0.4, 0.5) is 14.9 Å². The average Bonchev–Trinajstić information content (AvgIpc) is 2.44. The number of nitrogens with two attached hydrogens (primary N) is 1. The molecule has 1 aromatic rings. The predicted octanol–water partition coefficient (Wildman–Crippen LogP) is 1.37. The van der Waals surface area contributed by atoms with E-state index in [1.807, 2.05) is 0 Å². The maximum absolute atomic E-state index is 13.4. The highest BCUT2D eigenvalue weighted by Crippen LogP contribution is 2.13. The lowest BCUT2D eigenvalue weighted by Crippen LogP contribution is -2.46. The van der Waals surface area contributed by atoms with Crippen LogP contribution in [0.5, 0.6) is 0 Å². The third-order valence-corrected chi connectivity index (χ3v) is 3.49. The van der Waals surface area contributed by atoms with Gasteiger partial charge in [-0.2, -0.15) is 0 Å². The fourth-order valence-electron chi connectivity index (χ4n) is 2.39. The molecule has 0 radical (unpaired) electrons. The number of carbonyl (C=O) groups is 1. The number of urea groups is 1. The molecule has 0 aromatic heterocycles. The topological polar surface area (TPSA) is 70.4 Å². The second-order valence-electron chi connectivity index (χ2n) is 4.98. The summed E-state index contributed by atoms with van der Waals surface area (Å²) in [5, 5.41) is 5.42. The van der Waals surface area contributed by atoms with Crippen molar-refractivity contribution in [1.82, 2.24) is 10.2 Å². The van der Waals surface area contributed by atoms with Crippen molar-refractivity contribution < 1.29 is 9.18 Å². The Labute approximate surface area is 118 Å². The van der Waals surface area contributed by atoms with Gasteiger partial charge in [-0.1, -0.05) is 12.1 Å². The van der Waals surface area contributed by atoms with Gasteiger partial charge in [-0.15, -0.1) is 0 Å². The molecule has 0 saturated carbocycles. The van der Waals surface area contributed by atoms with Crippen LogP contribution < -0.4 is 16.4 Å². The summed E-state index contributed by atoms with van der Waals surface area (Å²) in [5.41, 5.74) is 5.72. The summed E-state index contributed by atoms with van der Waals surface area (Å²) in [6.07, 6.45) is 1.79. The Morgan fingerprint density at radius 3 is 2.70 bits per heavy atom. The number of hydrogen-bond donors (Lipinski definition) is 3. The fourth-order valence-corrected chi connectivity index (χ4v) is 2.39. The Bertz CT molecular complexity index is 447. The van der Waals surface area contributed by atoms with Crippen LogP contribution in [0.2, 0.25) is 0 Å². The maximum Gasteiger partial charge on any atom is 0.319 e. The quantitative estimate of drug-likeness (QED) is 0.780. The molecular weight excluding hydrogens is 259 g/mol. The molecule has 0 spiro atoms.